The van der Waals surface area contributed by atoms with E-state index in [0.29, 0.717) is 5.92 Å². The van der Waals surface area contributed by atoms with Gasteiger partial charge in [-0.2, -0.15) is 0 Å². The Morgan fingerprint density at radius 1 is 1.05 bits per heavy atom. The lowest BCUT2D eigenvalue weighted by Gasteiger charge is -2.20. The van der Waals surface area contributed by atoms with Gasteiger partial charge in [-0.1, -0.05) is 49.4 Å². The molecule has 1 aliphatic heterocycles. The van der Waals surface area contributed by atoms with E-state index in [0.717, 1.165) is 18.6 Å². The Labute approximate surface area is 125 Å². The molecule has 0 bridgehead atoms. The van der Waals surface area contributed by atoms with E-state index >= 15 is 0 Å². The Kier molecular flexibility index (Phi) is 2.88. The lowest BCUT2D eigenvalue weighted by atomic mass is 10.0. The highest BCUT2D eigenvalue weighted by atomic mass is 15.2. The molecule has 0 spiro atoms. The van der Waals surface area contributed by atoms with E-state index in [2.05, 4.69) is 65.3 Å². The summed E-state index contributed by atoms with van der Waals surface area (Å²) in [4.78, 5) is 7.05. The number of pyridine rings is 1. The minimum absolute atomic E-state index is 0.601. The summed E-state index contributed by atoms with van der Waals surface area (Å²) in [6.07, 6.45) is 1.88. The first kappa shape index (κ1) is 12.4. The minimum atomic E-state index is 0.601. The van der Waals surface area contributed by atoms with E-state index in [4.69, 9.17) is 0 Å². The summed E-state index contributed by atoms with van der Waals surface area (Å²) in [5, 5.41) is 1.22. The van der Waals surface area contributed by atoms with Crippen molar-refractivity contribution >= 4 is 16.6 Å². The van der Waals surface area contributed by atoms with Gasteiger partial charge in [0.25, 0.3) is 0 Å². The molecule has 2 nitrogen and oxygen atoms in total. The molecule has 2 heteroatoms. The van der Waals surface area contributed by atoms with Gasteiger partial charge >= 0.3 is 0 Å². The summed E-state index contributed by atoms with van der Waals surface area (Å²) < 4.78 is 0. The van der Waals surface area contributed by atoms with Crippen LogP contribution < -0.4 is 4.90 Å². The number of benzene rings is 2. The number of hydrogen-bond donors (Lipinski definition) is 0. The van der Waals surface area contributed by atoms with Crippen LogP contribution in [0.3, 0.4) is 0 Å². The number of para-hydroxylation sites is 2. The number of aromatic nitrogens is 1. The van der Waals surface area contributed by atoms with E-state index in [9.17, 15) is 0 Å². The summed E-state index contributed by atoms with van der Waals surface area (Å²) >= 11 is 0. The van der Waals surface area contributed by atoms with Gasteiger partial charge in [-0.25, -0.2) is 0 Å². The average molecular weight is 274 g/mol. The Bertz CT molecular complexity index is 789. The van der Waals surface area contributed by atoms with Crippen LogP contribution in [0.4, 0.5) is 5.69 Å². The summed E-state index contributed by atoms with van der Waals surface area (Å²) in [6, 6.07) is 19.3. The molecule has 1 unspecified atom stereocenters. The highest BCUT2D eigenvalue weighted by Gasteiger charge is 2.25. The van der Waals surface area contributed by atoms with Crippen LogP contribution in [-0.4, -0.2) is 11.5 Å². The molecule has 1 atom stereocenters. The topological polar surface area (TPSA) is 16.1 Å². The maximum Gasteiger partial charge on any atom is 0.0751 e. The van der Waals surface area contributed by atoms with Crippen molar-refractivity contribution in [3.05, 3.63) is 71.9 Å². The van der Waals surface area contributed by atoms with Crippen molar-refractivity contribution in [3.63, 3.8) is 0 Å². The van der Waals surface area contributed by atoms with Gasteiger partial charge in [0.15, 0.2) is 0 Å². The monoisotopic (exact) mass is 274 g/mol. The zero-order chi connectivity index (χ0) is 14.2. The average Bonchev–Trinajstić information content (AvgIpc) is 2.85. The number of rotatable bonds is 2. The van der Waals surface area contributed by atoms with Crippen LogP contribution in [0.5, 0.6) is 0 Å². The first-order valence-corrected chi connectivity index (χ1v) is 7.49. The van der Waals surface area contributed by atoms with Crippen molar-refractivity contribution in [2.45, 2.75) is 19.4 Å². The third-order valence-electron chi connectivity index (χ3n) is 4.38. The first-order valence-electron chi connectivity index (χ1n) is 7.49. The molecule has 0 amide bonds. The molecular formula is C19H18N2. The third kappa shape index (κ3) is 2.07. The molecule has 2 aromatic carbocycles. The SMILES string of the molecule is CC1CN(Cc2cccc3cccnc23)c2ccccc21. The number of nitrogens with zero attached hydrogens (tertiary/aromatic N) is 2. The van der Waals surface area contributed by atoms with Crippen molar-refractivity contribution in [1.82, 2.24) is 4.98 Å². The molecule has 104 valence electrons. The second-order valence-corrected chi connectivity index (χ2v) is 5.83. The van der Waals surface area contributed by atoms with Gasteiger partial charge in [0.2, 0.25) is 0 Å². The summed E-state index contributed by atoms with van der Waals surface area (Å²) in [5.74, 6) is 0.601. The second-order valence-electron chi connectivity index (χ2n) is 5.83. The molecule has 3 aromatic rings. The Balaban J connectivity index is 1.73. The Hall–Kier alpha value is -2.35. The van der Waals surface area contributed by atoms with Gasteiger partial charge < -0.3 is 4.90 Å². The highest BCUT2D eigenvalue weighted by Crippen LogP contribution is 2.36. The van der Waals surface area contributed by atoms with Crippen LogP contribution in [0.25, 0.3) is 10.9 Å². The van der Waals surface area contributed by atoms with Crippen molar-refractivity contribution < 1.29 is 0 Å². The van der Waals surface area contributed by atoms with Gasteiger partial charge in [-0.05, 0) is 23.3 Å². The van der Waals surface area contributed by atoms with Gasteiger partial charge in [0.1, 0.15) is 0 Å². The zero-order valence-corrected chi connectivity index (χ0v) is 12.2. The van der Waals surface area contributed by atoms with Crippen LogP contribution in [0.1, 0.15) is 24.0 Å². The van der Waals surface area contributed by atoms with Gasteiger partial charge in [0.05, 0.1) is 5.52 Å². The predicted molar refractivity (Wildman–Crippen MR) is 87.7 cm³/mol. The van der Waals surface area contributed by atoms with Gasteiger partial charge in [-0.15, -0.1) is 0 Å². The molecule has 0 fully saturated rings. The van der Waals surface area contributed by atoms with Crippen LogP contribution >= 0.6 is 0 Å². The standard InChI is InChI=1S/C19H18N2/c1-14-12-21(18-10-3-2-9-17(14)18)13-16-7-4-6-15-8-5-11-20-19(15)16/h2-11,14H,12-13H2,1H3. The molecule has 1 aromatic heterocycles. The van der Waals surface area contributed by atoms with E-state index in [1.807, 2.05) is 12.3 Å². The summed E-state index contributed by atoms with van der Waals surface area (Å²) in [7, 11) is 0. The van der Waals surface area contributed by atoms with Crippen LogP contribution in [0.2, 0.25) is 0 Å². The fourth-order valence-corrected chi connectivity index (χ4v) is 3.37. The van der Waals surface area contributed by atoms with E-state index in [1.165, 1.54) is 22.2 Å². The fraction of sp³-hybridized carbons (Fsp3) is 0.211. The lowest BCUT2D eigenvalue weighted by molar-refractivity contribution is 0.747. The first-order chi connectivity index (χ1) is 10.3. The maximum atomic E-state index is 4.57. The fourth-order valence-electron chi connectivity index (χ4n) is 3.37. The maximum absolute atomic E-state index is 4.57. The van der Waals surface area contributed by atoms with Crippen LogP contribution in [-0.2, 0) is 6.54 Å². The van der Waals surface area contributed by atoms with Gasteiger partial charge in [0, 0.05) is 36.3 Å². The minimum Gasteiger partial charge on any atom is -0.366 e. The largest absolute Gasteiger partial charge is 0.366 e. The van der Waals surface area contributed by atoms with Crippen molar-refractivity contribution in [3.8, 4) is 0 Å². The number of hydrogen-bond acceptors (Lipinski definition) is 2. The van der Waals surface area contributed by atoms with Gasteiger partial charge in [-0.3, -0.25) is 4.98 Å². The molecule has 2 heterocycles. The molecule has 21 heavy (non-hydrogen) atoms. The van der Waals surface area contributed by atoms with Crippen LogP contribution in [0.15, 0.2) is 60.8 Å². The van der Waals surface area contributed by atoms with E-state index < -0.39 is 0 Å². The molecule has 0 saturated heterocycles. The third-order valence-corrected chi connectivity index (χ3v) is 4.38. The quantitative estimate of drug-likeness (QED) is 0.690. The molecule has 0 radical (unpaired) electrons. The van der Waals surface area contributed by atoms with Crippen molar-refractivity contribution in [1.29, 1.82) is 0 Å². The normalized spacial score (nSPS) is 17.2. The number of anilines is 1. The molecule has 0 aliphatic carbocycles. The molecule has 1 aliphatic rings. The molecule has 0 N–H and O–H groups in total. The van der Waals surface area contributed by atoms with Crippen molar-refractivity contribution in [2.24, 2.45) is 0 Å². The lowest BCUT2D eigenvalue weighted by Crippen LogP contribution is -2.20. The van der Waals surface area contributed by atoms with Crippen LogP contribution in [0, 0.1) is 0 Å². The Morgan fingerprint density at radius 3 is 2.86 bits per heavy atom. The predicted octanol–water partition coefficient (Wildman–Crippen LogP) is 4.36. The number of fused-ring (bicyclic) bond motifs is 2. The highest BCUT2D eigenvalue weighted by molar-refractivity contribution is 5.82. The summed E-state index contributed by atoms with van der Waals surface area (Å²) in [5.41, 5.74) is 5.26. The molecule has 4 rings (SSSR count). The van der Waals surface area contributed by atoms with E-state index in [-0.39, 0.29) is 0 Å². The Morgan fingerprint density at radius 2 is 1.90 bits per heavy atom. The smallest absolute Gasteiger partial charge is 0.0751 e. The van der Waals surface area contributed by atoms with Crippen molar-refractivity contribution in [2.75, 3.05) is 11.4 Å². The molecular weight excluding hydrogens is 256 g/mol. The van der Waals surface area contributed by atoms with E-state index in [1.54, 1.807) is 0 Å². The zero-order valence-electron chi connectivity index (χ0n) is 12.2. The molecule has 0 saturated carbocycles. The second kappa shape index (κ2) is 4.88. The summed E-state index contributed by atoms with van der Waals surface area (Å²) in [6.45, 7) is 4.32.